The molecule has 0 aromatic carbocycles. The highest BCUT2D eigenvalue weighted by molar-refractivity contribution is 9.10. The van der Waals surface area contributed by atoms with Crippen LogP contribution < -0.4 is 5.56 Å². The zero-order valence-electron chi connectivity index (χ0n) is 9.31. The van der Waals surface area contributed by atoms with Gasteiger partial charge in [-0.2, -0.15) is 5.10 Å². The summed E-state index contributed by atoms with van der Waals surface area (Å²) in [6, 6.07) is 0. The van der Waals surface area contributed by atoms with Crippen LogP contribution in [0.3, 0.4) is 0 Å². The molecule has 0 radical (unpaired) electrons. The highest BCUT2D eigenvalue weighted by Gasteiger charge is 2.12. The van der Waals surface area contributed by atoms with Crippen molar-refractivity contribution >= 4 is 31.9 Å². The maximum atomic E-state index is 11.8. The van der Waals surface area contributed by atoms with Crippen LogP contribution in [0.4, 0.5) is 0 Å². The summed E-state index contributed by atoms with van der Waals surface area (Å²) in [6.45, 7) is 2.35. The van der Waals surface area contributed by atoms with E-state index < -0.39 is 0 Å². The maximum absolute atomic E-state index is 11.8. The molecule has 0 amide bonds. The number of aryl methyl sites for hydroxylation is 2. The molecule has 17 heavy (non-hydrogen) atoms. The fraction of sp³-hybridized carbons (Fsp3) is 0.300. The van der Waals surface area contributed by atoms with Crippen molar-refractivity contribution in [1.82, 2.24) is 19.3 Å². The van der Waals surface area contributed by atoms with Crippen LogP contribution in [-0.4, -0.2) is 19.3 Å². The van der Waals surface area contributed by atoms with Gasteiger partial charge < -0.3 is 0 Å². The molecule has 0 bridgehead atoms. The second-order valence-corrected chi connectivity index (χ2v) is 5.29. The Labute approximate surface area is 115 Å². The molecule has 0 saturated carbocycles. The standard InChI is InChI=1S/C10H10Br2N4O/c1-6-9(12)8(15(2)14-6)4-16-5-13-3-7(11)10(16)17/h3,5H,4H2,1-2H3. The quantitative estimate of drug-likeness (QED) is 0.820. The largest absolute Gasteiger partial charge is 0.292 e. The van der Waals surface area contributed by atoms with Crippen LogP contribution in [0.5, 0.6) is 0 Å². The van der Waals surface area contributed by atoms with E-state index in [-0.39, 0.29) is 5.56 Å². The number of hydrogen-bond acceptors (Lipinski definition) is 3. The Morgan fingerprint density at radius 1 is 1.41 bits per heavy atom. The van der Waals surface area contributed by atoms with E-state index in [0.717, 1.165) is 15.9 Å². The van der Waals surface area contributed by atoms with Gasteiger partial charge in [-0.25, -0.2) is 4.98 Å². The van der Waals surface area contributed by atoms with Gasteiger partial charge in [0.2, 0.25) is 0 Å². The lowest BCUT2D eigenvalue weighted by atomic mass is 10.3. The van der Waals surface area contributed by atoms with Crippen LogP contribution in [-0.2, 0) is 13.6 Å². The molecule has 0 atom stereocenters. The van der Waals surface area contributed by atoms with Crippen molar-refractivity contribution in [2.24, 2.45) is 7.05 Å². The number of nitrogens with zero attached hydrogens (tertiary/aromatic N) is 4. The zero-order chi connectivity index (χ0) is 12.6. The second kappa shape index (κ2) is 4.73. The summed E-state index contributed by atoms with van der Waals surface area (Å²) >= 11 is 6.64. The summed E-state index contributed by atoms with van der Waals surface area (Å²) in [5.41, 5.74) is 1.73. The number of rotatable bonds is 2. The minimum Gasteiger partial charge on any atom is -0.292 e. The Morgan fingerprint density at radius 2 is 2.12 bits per heavy atom. The van der Waals surface area contributed by atoms with Crippen LogP contribution >= 0.6 is 31.9 Å². The monoisotopic (exact) mass is 360 g/mol. The third-order valence-corrected chi connectivity index (χ3v) is 4.02. The molecule has 2 rings (SSSR count). The van der Waals surface area contributed by atoms with Crippen LogP contribution in [0.15, 0.2) is 26.3 Å². The van der Waals surface area contributed by atoms with E-state index in [1.165, 1.54) is 17.1 Å². The third kappa shape index (κ3) is 2.35. The van der Waals surface area contributed by atoms with Crippen LogP contribution in [0.2, 0.25) is 0 Å². The Balaban J connectivity index is 2.45. The summed E-state index contributed by atoms with van der Waals surface area (Å²) in [6.07, 6.45) is 3.00. The molecule has 0 N–H and O–H groups in total. The minimum absolute atomic E-state index is 0.106. The predicted molar refractivity (Wildman–Crippen MR) is 70.9 cm³/mol. The Morgan fingerprint density at radius 3 is 2.71 bits per heavy atom. The molecule has 0 fully saturated rings. The van der Waals surface area contributed by atoms with Crippen molar-refractivity contribution < 1.29 is 0 Å². The minimum atomic E-state index is -0.106. The lowest BCUT2D eigenvalue weighted by molar-refractivity contribution is 0.640. The second-order valence-electron chi connectivity index (χ2n) is 3.64. The van der Waals surface area contributed by atoms with Crippen molar-refractivity contribution in [3.63, 3.8) is 0 Å². The van der Waals surface area contributed by atoms with E-state index in [1.807, 2.05) is 14.0 Å². The predicted octanol–water partition coefficient (Wildman–Crippen LogP) is 1.86. The van der Waals surface area contributed by atoms with Crippen LogP contribution in [0.25, 0.3) is 0 Å². The maximum Gasteiger partial charge on any atom is 0.267 e. The summed E-state index contributed by atoms with van der Waals surface area (Å²) in [5, 5.41) is 4.28. The number of hydrogen-bond donors (Lipinski definition) is 0. The molecular weight excluding hydrogens is 352 g/mol. The number of aromatic nitrogens is 4. The molecule has 5 nitrogen and oxygen atoms in total. The topological polar surface area (TPSA) is 52.7 Å². The smallest absolute Gasteiger partial charge is 0.267 e. The van der Waals surface area contributed by atoms with E-state index in [9.17, 15) is 4.79 Å². The van der Waals surface area contributed by atoms with Gasteiger partial charge in [-0.1, -0.05) is 0 Å². The summed E-state index contributed by atoms with van der Waals surface area (Å²) in [4.78, 5) is 15.8. The molecule has 2 aromatic heterocycles. The number of halogens is 2. The summed E-state index contributed by atoms with van der Waals surface area (Å²) < 4.78 is 4.67. The van der Waals surface area contributed by atoms with Gasteiger partial charge in [0.25, 0.3) is 5.56 Å². The van der Waals surface area contributed by atoms with E-state index in [1.54, 1.807) is 4.68 Å². The highest BCUT2D eigenvalue weighted by Crippen LogP contribution is 2.20. The first-order valence-electron chi connectivity index (χ1n) is 4.88. The lowest BCUT2D eigenvalue weighted by Crippen LogP contribution is -2.22. The molecule has 2 heterocycles. The molecule has 0 unspecified atom stereocenters. The molecule has 2 aromatic rings. The van der Waals surface area contributed by atoms with Gasteiger partial charge in [0, 0.05) is 13.2 Å². The van der Waals surface area contributed by atoms with E-state index >= 15 is 0 Å². The summed E-state index contributed by atoms with van der Waals surface area (Å²) in [5.74, 6) is 0. The first kappa shape index (κ1) is 12.5. The van der Waals surface area contributed by atoms with Crippen LogP contribution in [0, 0.1) is 6.92 Å². The van der Waals surface area contributed by atoms with Crippen molar-refractivity contribution in [2.75, 3.05) is 0 Å². The molecule has 90 valence electrons. The van der Waals surface area contributed by atoms with Crippen molar-refractivity contribution in [2.45, 2.75) is 13.5 Å². The van der Waals surface area contributed by atoms with Gasteiger partial charge in [0.05, 0.1) is 28.7 Å². The van der Waals surface area contributed by atoms with Gasteiger partial charge in [-0.05, 0) is 38.8 Å². The van der Waals surface area contributed by atoms with Gasteiger partial charge in [-0.15, -0.1) is 0 Å². The molecule has 0 spiro atoms. The van der Waals surface area contributed by atoms with E-state index in [0.29, 0.717) is 11.0 Å². The van der Waals surface area contributed by atoms with Crippen LogP contribution in [0.1, 0.15) is 11.4 Å². The van der Waals surface area contributed by atoms with Gasteiger partial charge in [0.1, 0.15) is 4.47 Å². The molecule has 0 aliphatic rings. The van der Waals surface area contributed by atoms with E-state index in [4.69, 9.17) is 0 Å². The normalized spacial score (nSPS) is 10.8. The molecule has 7 heteroatoms. The molecule has 0 saturated heterocycles. The van der Waals surface area contributed by atoms with Crippen molar-refractivity contribution in [1.29, 1.82) is 0 Å². The van der Waals surface area contributed by atoms with E-state index in [2.05, 4.69) is 41.9 Å². The van der Waals surface area contributed by atoms with Crippen molar-refractivity contribution in [3.8, 4) is 0 Å². The average Bonchev–Trinajstić information content (AvgIpc) is 2.51. The molecular formula is C10H10Br2N4O. The first-order valence-corrected chi connectivity index (χ1v) is 6.47. The SMILES string of the molecule is Cc1nn(C)c(Cn2cncc(Br)c2=O)c1Br. The molecule has 0 aliphatic carbocycles. The van der Waals surface area contributed by atoms with Gasteiger partial charge in [-0.3, -0.25) is 14.0 Å². The fourth-order valence-electron chi connectivity index (χ4n) is 1.55. The first-order chi connectivity index (χ1) is 8.00. The fourth-order valence-corrected chi connectivity index (χ4v) is 2.36. The van der Waals surface area contributed by atoms with Gasteiger partial charge >= 0.3 is 0 Å². The summed E-state index contributed by atoms with van der Waals surface area (Å²) in [7, 11) is 1.85. The lowest BCUT2D eigenvalue weighted by Gasteiger charge is -2.06. The Kier molecular flexibility index (Phi) is 3.48. The average molecular weight is 362 g/mol. The Hall–Kier alpha value is -0.950. The van der Waals surface area contributed by atoms with Gasteiger partial charge in [0.15, 0.2) is 0 Å². The Bertz CT molecular complexity index is 617. The molecule has 0 aliphatic heterocycles. The highest BCUT2D eigenvalue weighted by atomic mass is 79.9. The third-order valence-electron chi connectivity index (χ3n) is 2.44. The van der Waals surface area contributed by atoms with Crippen molar-refractivity contribution in [3.05, 3.63) is 43.2 Å². The zero-order valence-corrected chi connectivity index (χ0v) is 12.5.